The van der Waals surface area contributed by atoms with Crippen molar-refractivity contribution in [2.45, 2.75) is 33.1 Å². The van der Waals surface area contributed by atoms with Crippen LogP contribution in [0.25, 0.3) is 0 Å². The Bertz CT molecular complexity index is 387. The van der Waals surface area contributed by atoms with Gasteiger partial charge in [-0.1, -0.05) is 13.8 Å². The zero-order valence-electron chi connectivity index (χ0n) is 9.17. The second kappa shape index (κ2) is 4.29. The minimum atomic E-state index is 0.799. The van der Waals surface area contributed by atoms with Gasteiger partial charge in [0.2, 0.25) is 0 Å². The Morgan fingerprint density at radius 3 is 1.73 bits per heavy atom. The summed E-state index contributed by atoms with van der Waals surface area (Å²) < 4.78 is 0. The molecule has 0 saturated carbocycles. The first-order valence-electron chi connectivity index (χ1n) is 5.38. The molecule has 0 spiro atoms. The van der Waals surface area contributed by atoms with E-state index in [4.69, 9.17) is 0 Å². The zero-order valence-corrected chi connectivity index (χ0v) is 9.17. The third-order valence-corrected chi connectivity index (χ3v) is 2.40. The lowest BCUT2D eigenvalue weighted by atomic mass is 10.3. The van der Waals surface area contributed by atoms with Gasteiger partial charge in [-0.2, -0.15) is 0 Å². The van der Waals surface area contributed by atoms with Gasteiger partial charge in [-0.15, -0.1) is 0 Å². The second-order valence-electron chi connectivity index (χ2n) is 3.56. The molecule has 2 aromatic heterocycles. The van der Waals surface area contributed by atoms with Crippen molar-refractivity contribution in [3.63, 3.8) is 0 Å². The number of imidazole rings is 2. The van der Waals surface area contributed by atoms with Crippen LogP contribution in [0.2, 0.25) is 0 Å². The lowest BCUT2D eigenvalue weighted by molar-refractivity contribution is 0.948. The molecule has 0 saturated heterocycles. The van der Waals surface area contributed by atoms with Gasteiger partial charge in [0.25, 0.3) is 0 Å². The predicted molar refractivity (Wildman–Crippen MR) is 58.7 cm³/mol. The van der Waals surface area contributed by atoms with E-state index in [0.29, 0.717) is 0 Å². The summed E-state index contributed by atoms with van der Waals surface area (Å²) in [6, 6.07) is 0. The Morgan fingerprint density at radius 2 is 1.40 bits per heavy atom. The van der Waals surface area contributed by atoms with Crippen LogP contribution in [-0.4, -0.2) is 19.9 Å². The van der Waals surface area contributed by atoms with Gasteiger partial charge in [-0.25, -0.2) is 9.97 Å². The highest BCUT2D eigenvalue weighted by molar-refractivity contribution is 5.12. The van der Waals surface area contributed by atoms with Crippen LogP contribution in [0.4, 0.5) is 0 Å². The number of rotatable bonds is 4. The molecule has 2 rings (SSSR count). The first-order valence-corrected chi connectivity index (χ1v) is 5.38. The van der Waals surface area contributed by atoms with Gasteiger partial charge in [0.15, 0.2) is 0 Å². The maximum atomic E-state index is 4.45. The van der Waals surface area contributed by atoms with Crippen LogP contribution < -0.4 is 0 Å². The van der Waals surface area contributed by atoms with E-state index >= 15 is 0 Å². The first kappa shape index (κ1) is 9.96. The van der Waals surface area contributed by atoms with Gasteiger partial charge in [0.05, 0.1) is 11.4 Å². The van der Waals surface area contributed by atoms with Crippen molar-refractivity contribution in [1.82, 2.24) is 19.9 Å². The van der Waals surface area contributed by atoms with Crippen molar-refractivity contribution in [1.29, 1.82) is 0 Å². The van der Waals surface area contributed by atoms with Crippen LogP contribution in [0.5, 0.6) is 0 Å². The fraction of sp³-hybridized carbons (Fsp3) is 0.455. The highest BCUT2D eigenvalue weighted by atomic mass is 14.9. The molecular weight excluding hydrogens is 188 g/mol. The fourth-order valence-electron chi connectivity index (χ4n) is 1.54. The normalized spacial score (nSPS) is 10.8. The third-order valence-electron chi connectivity index (χ3n) is 2.40. The Morgan fingerprint density at radius 1 is 0.933 bits per heavy atom. The summed E-state index contributed by atoms with van der Waals surface area (Å²) >= 11 is 0. The van der Waals surface area contributed by atoms with E-state index in [0.717, 1.165) is 42.3 Å². The predicted octanol–water partition coefficient (Wildman–Crippen LogP) is 1.85. The van der Waals surface area contributed by atoms with Crippen LogP contribution in [0.3, 0.4) is 0 Å². The molecular formula is C11H16N4. The molecule has 0 aliphatic heterocycles. The minimum absolute atomic E-state index is 0.799. The quantitative estimate of drug-likeness (QED) is 0.798. The van der Waals surface area contributed by atoms with E-state index in [1.165, 1.54) is 0 Å². The van der Waals surface area contributed by atoms with Gasteiger partial charge < -0.3 is 9.97 Å². The van der Waals surface area contributed by atoms with Crippen molar-refractivity contribution in [2.75, 3.05) is 0 Å². The van der Waals surface area contributed by atoms with E-state index in [1.807, 2.05) is 12.4 Å². The molecule has 0 aromatic carbocycles. The topological polar surface area (TPSA) is 57.4 Å². The van der Waals surface area contributed by atoms with Crippen molar-refractivity contribution in [3.8, 4) is 0 Å². The van der Waals surface area contributed by atoms with E-state index in [-0.39, 0.29) is 0 Å². The van der Waals surface area contributed by atoms with Crippen molar-refractivity contribution < 1.29 is 0 Å². The maximum Gasteiger partial charge on any atom is 0.106 e. The molecule has 2 aromatic rings. The van der Waals surface area contributed by atoms with Crippen LogP contribution in [0, 0.1) is 0 Å². The summed E-state index contributed by atoms with van der Waals surface area (Å²) in [5.41, 5.74) is 2.11. The van der Waals surface area contributed by atoms with Crippen molar-refractivity contribution >= 4 is 0 Å². The molecule has 0 bridgehead atoms. The lowest BCUT2D eigenvalue weighted by Crippen LogP contribution is -1.90. The number of aryl methyl sites for hydroxylation is 2. The summed E-state index contributed by atoms with van der Waals surface area (Å²) in [6.45, 7) is 4.18. The van der Waals surface area contributed by atoms with Crippen LogP contribution >= 0.6 is 0 Å². The molecule has 4 nitrogen and oxygen atoms in total. The van der Waals surface area contributed by atoms with E-state index in [1.54, 1.807) is 0 Å². The largest absolute Gasteiger partial charge is 0.348 e. The molecule has 0 amide bonds. The van der Waals surface area contributed by atoms with Gasteiger partial charge in [0, 0.05) is 31.7 Å². The van der Waals surface area contributed by atoms with E-state index in [9.17, 15) is 0 Å². The van der Waals surface area contributed by atoms with Crippen LogP contribution in [-0.2, 0) is 19.3 Å². The number of hydrogen-bond donors (Lipinski definition) is 2. The fourth-order valence-corrected chi connectivity index (χ4v) is 1.54. The third kappa shape index (κ3) is 2.26. The summed E-state index contributed by atoms with van der Waals surface area (Å²) in [5.74, 6) is 2.08. The summed E-state index contributed by atoms with van der Waals surface area (Å²) in [7, 11) is 0. The zero-order chi connectivity index (χ0) is 10.7. The lowest BCUT2D eigenvalue weighted by Gasteiger charge is -1.90. The maximum absolute atomic E-state index is 4.45. The van der Waals surface area contributed by atoms with E-state index < -0.39 is 0 Å². The standard InChI is InChI=1S/C11H16N4/c1-3-10-12-6-8(14-10)5-9-7-13-11(4-2)15-9/h6-7H,3-5H2,1-2H3,(H,12,14)(H,13,15). The molecule has 0 radical (unpaired) electrons. The Balaban J connectivity index is 2.07. The highest BCUT2D eigenvalue weighted by Gasteiger charge is 2.04. The number of aromatic nitrogens is 4. The molecule has 0 atom stereocenters. The van der Waals surface area contributed by atoms with E-state index in [2.05, 4.69) is 33.8 Å². The Labute approximate surface area is 89.2 Å². The smallest absolute Gasteiger partial charge is 0.106 e. The minimum Gasteiger partial charge on any atom is -0.348 e. The molecule has 2 N–H and O–H groups in total. The number of nitrogens with one attached hydrogen (secondary N) is 2. The molecule has 4 heteroatoms. The Kier molecular flexibility index (Phi) is 2.85. The van der Waals surface area contributed by atoms with Crippen molar-refractivity contribution in [3.05, 3.63) is 35.4 Å². The van der Waals surface area contributed by atoms with Gasteiger partial charge in [-0.3, -0.25) is 0 Å². The molecule has 2 heterocycles. The average Bonchev–Trinajstić information content (AvgIpc) is 2.87. The SMILES string of the molecule is CCc1nc(Cc2c[nH]c(CC)n2)c[nH]1. The molecule has 15 heavy (non-hydrogen) atoms. The number of aromatic amines is 2. The number of nitrogens with zero attached hydrogens (tertiary/aromatic N) is 2. The second-order valence-corrected chi connectivity index (χ2v) is 3.56. The summed E-state index contributed by atoms with van der Waals surface area (Å²) in [4.78, 5) is 15.2. The highest BCUT2D eigenvalue weighted by Crippen LogP contribution is 2.06. The van der Waals surface area contributed by atoms with Gasteiger partial charge in [-0.05, 0) is 0 Å². The molecule has 0 fully saturated rings. The Hall–Kier alpha value is -1.58. The monoisotopic (exact) mass is 204 g/mol. The molecule has 0 aliphatic carbocycles. The number of hydrogen-bond acceptors (Lipinski definition) is 2. The van der Waals surface area contributed by atoms with Gasteiger partial charge >= 0.3 is 0 Å². The molecule has 0 aliphatic rings. The van der Waals surface area contributed by atoms with Crippen LogP contribution in [0.15, 0.2) is 12.4 Å². The summed E-state index contributed by atoms with van der Waals surface area (Å²) in [5, 5.41) is 0. The number of H-pyrrole nitrogens is 2. The first-order chi connectivity index (χ1) is 7.31. The van der Waals surface area contributed by atoms with Crippen molar-refractivity contribution in [2.24, 2.45) is 0 Å². The molecule has 0 unspecified atom stereocenters. The average molecular weight is 204 g/mol. The summed E-state index contributed by atoms with van der Waals surface area (Å²) in [6.07, 6.45) is 6.60. The molecule has 80 valence electrons. The van der Waals surface area contributed by atoms with Crippen LogP contribution in [0.1, 0.15) is 36.9 Å². The van der Waals surface area contributed by atoms with Gasteiger partial charge in [0.1, 0.15) is 11.6 Å².